The number of aliphatic carboxylic acids is 1. The molecule has 1 aliphatic heterocycles. The Kier molecular flexibility index (Phi) is 8.54. The summed E-state index contributed by atoms with van der Waals surface area (Å²) in [5.74, 6) is -0.380. The summed E-state index contributed by atoms with van der Waals surface area (Å²) in [7, 11) is -3.78. The lowest BCUT2D eigenvalue weighted by molar-refractivity contribution is -0.135. The molecule has 2 heterocycles. The van der Waals surface area contributed by atoms with Gasteiger partial charge in [0.15, 0.2) is 0 Å². The minimum Gasteiger partial charge on any atom is -0.480 e. The smallest absolute Gasteiger partial charge is 0.324 e. The molecule has 11 heteroatoms. The third-order valence-corrected chi connectivity index (χ3v) is 8.25. The van der Waals surface area contributed by atoms with Crippen molar-refractivity contribution in [1.29, 1.82) is 0 Å². The molecule has 1 aliphatic rings. The van der Waals surface area contributed by atoms with Crippen LogP contribution in [0.1, 0.15) is 26.3 Å². The van der Waals surface area contributed by atoms with Crippen molar-refractivity contribution in [2.24, 2.45) is 0 Å². The molecule has 0 radical (unpaired) electrons. The number of aryl methyl sites for hydroxylation is 1. The fourth-order valence-electron chi connectivity index (χ4n) is 3.57. The van der Waals surface area contributed by atoms with Gasteiger partial charge in [0.1, 0.15) is 12.4 Å². The van der Waals surface area contributed by atoms with Gasteiger partial charge in [-0.1, -0.05) is 43.1 Å². The normalized spacial score (nSPS) is 14.0. The van der Waals surface area contributed by atoms with Crippen LogP contribution in [0.15, 0.2) is 65.0 Å². The Labute approximate surface area is 216 Å². The van der Waals surface area contributed by atoms with Gasteiger partial charge in [0, 0.05) is 30.4 Å². The number of carboxylic acids is 1. The lowest BCUT2D eigenvalue weighted by atomic mass is 10.2. The van der Waals surface area contributed by atoms with E-state index < -0.39 is 22.5 Å². The average Bonchev–Trinajstić information content (AvgIpc) is 3.14. The molecule has 1 aromatic heterocycles. The number of allylic oxidation sites excluding steroid dienone is 3. The van der Waals surface area contributed by atoms with Crippen molar-refractivity contribution in [3.8, 4) is 0 Å². The van der Waals surface area contributed by atoms with Crippen molar-refractivity contribution in [2.45, 2.75) is 32.6 Å². The van der Waals surface area contributed by atoms with E-state index in [1.54, 1.807) is 18.2 Å². The van der Waals surface area contributed by atoms with Crippen molar-refractivity contribution in [2.75, 3.05) is 10.8 Å². The molecule has 0 spiro atoms. The second-order valence-corrected chi connectivity index (χ2v) is 11.6. The highest BCUT2D eigenvalue weighted by Gasteiger charge is 2.28. The zero-order valence-corrected chi connectivity index (χ0v) is 23.0. The van der Waals surface area contributed by atoms with E-state index in [1.807, 2.05) is 37.6 Å². The molecular formula is C24H26Cl2N3O4PS. The number of nitrogens with one attached hydrogen (secondary N) is 1. The summed E-state index contributed by atoms with van der Waals surface area (Å²) < 4.78 is 29.6. The van der Waals surface area contributed by atoms with Crippen molar-refractivity contribution >= 4 is 70.3 Å². The van der Waals surface area contributed by atoms with Crippen LogP contribution in [-0.2, 0) is 14.8 Å². The molecule has 0 bridgehead atoms. The summed E-state index contributed by atoms with van der Waals surface area (Å²) in [4.78, 5) is 11.4. The maximum atomic E-state index is 13.4. The molecule has 0 aliphatic carbocycles. The number of carbonyl (C=O) groups is 1. The molecule has 2 N–H and O–H groups in total. The number of sulfonamides is 1. The summed E-state index contributed by atoms with van der Waals surface area (Å²) in [5.41, 5.74) is 2.01. The van der Waals surface area contributed by atoms with Crippen LogP contribution in [-0.4, -0.2) is 30.6 Å². The number of hydrogen-bond donors (Lipinski definition) is 2. The number of hydrogen-bond acceptors (Lipinski definition) is 4. The number of aromatic nitrogens is 1. The Morgan fingerprint density at radius 1 is 1.09 bits per heavy atom. The Morgan fingerprint density at radius 2 is 1.74 bits per heavy atom. The Morgan fingerprint density at radius 3 is 2.31 bits per heavy atom. The van der Waals surface area contributed by atoms with Gasteiger partial charge in [-0.05, 0) is 67.2 Å². The van der Waals surface area contributed by atoms with Crippen molar-refractivity contribution < 1.29 is 18.3 Å². The molecule has 35 heavy (non-hydrogen) atoms. The fourth-order valence-corrected chi connectivity index (χ4v) is 6.40. The number of fused-ring (bicyclic) bond motifs is 1. The molecular weight excluding hydrogens is 528 g/mol. The van der Waals surface area contributed by atoms with Gasteiger partial charge in [-0.3, -0.25) is 9.10 Å². The van der Waals surface area contributed by atoms with Crippen LogP contribution in [0.4, 0.5) is 5.69 Å². The summed E-state index contributed by atoms with van der Waals surface area (Å²) >= 11 is 12.0. The molecule has 186 valence electrons. The Balaban J connectivity index is 0.00000167. The molecule has 7 nitrogen and oxygen atoms in total. The zero-order chi connectivity index (χ0) is 25.9. The molecule has 2 aromatic carbocycles. The van der Waals surface area contributed by atoms with Gasteiger partial charge in [0.25, 0.3) is 10.0 Å². The molecule has 4 rings (SSSR count). The Hall–Kier alpha value is -2.51. The second kappa shape index (κ2) is 11.0. The SMILES string of the molecule is CC.CC1=CC=C(n2cc(C)c3cc(N(CC(=O)O)S(=O)(=O)c4cc(Cl)cc(Cl)c4)ccc32)NP1. The van der Waals surface area contributed by atoms with Crippen LogP contribution >= 0.6 is 31.9 Å². The first kappa shape index (κ1) is 27.1. The quantitative estimate of drug-likeness (QED) is 0.341. The first-order chi connectivity index (χ1) is 16.6. The highest BCUT2D eigenvalue weighted by molar-refractivity contribution is 7.92. The molecule has 0 saturated carbocycles. The summed E-state index contributed by atoms with van der Waals surface area (Å²) in [6.45, 7) is 7.21. The summed E-state index contributed by atoms with van der Waals surface area (Å²) in [5, 5.41) is 15.2. The van der Waals surface area contributed by atoms with Gasteiger partial charge in [-0.25, -0.2) is 8.42 Å². The van der Waals surface area contributed by atoms with E-state index in [2.05, 4.69) is 18.1 Å². The molecule has 0 fully saturated rings. The van der Waals surface area contributed by atoms with Crippen LogP contribution in [0.3, 0.4) is 0 Å². The first-order valence-corrected chi connectivity index (χ1v) is 14.0. The maximum Gasteiger partial charge on any atom is 0.324 e. The van der Waals surface area contributed by atoms with Crippen molar-refractivity contribution in [3.63, 3.8) is 0 Å². The molecule has 0 saturated heterocycles. The minimum absolute atomic E-state index is 0.137. The standard InChI is InChI=1S/C22H20Cl2N3O4PS.C2H6/c1-13-11-26(21-6-3-14(2)32-25-21)20-5-4-17(10-19(13)20)27(12-22(28)29)33(30,31)18-8-15(23)7-16(24)9-18;1-2/h3-11,25,32H,12H2,1-2H3,(H,28,29);1-2H3. The van der Waals surface area contributed by atoms with Gasteiger partial charge in [-0.15, -0.1) is 0 Å². The molecule has 1 unspecified atom stereocenters. The fraction of sp³-hybridized carbons (Fsp3) is 0.208. The van der Waals surface area contributed by atoms with E-state index in [-0.39, 0.29) is 20.6 Å². The number of halogens is 2. The van der Waals surface area contributed by atoms with E-state index in [0.29, 0.717) is 8.73 Å². The maximum absolute atomic E-state index is 13.4. The Bertz CT molecular complexity index is 1430. The largest absolute Gasteiger partial charge is 0.480 e. The van der Waals surface area contributed by atoms with E-state index in [1.165, 1.54) is 23.5 Å². The van der Waals surface area contributed by atoms with Gasteiger partial charge >= 0.3 is 5.97 Å². The third-order valence-electron chi connectivity index (χ3n) is 5.12. The van der Waals surface area contributed by atoms with Crippen LogP contribution in [0.5, 0.6) is 0 Å². The predicted molar refractivity (Wildman–Crippen MR) is 146 cm³/mol. The topological polar surface area (TPSA) is 91.6 Å². The minimum atomic E-state index is -4.25. The first-order valence-electron chi connectivity index (χ1n) is 10.8. The van der Waals surface area contributed by atoms with E-state index in [9.17, 15) is 18.3 Å². The second-order valence-electron chi connectivity index (χ2n) is 7.55. The summed E-state index contributed by atoms with van der Waals surface area (Å²) in [6.07, 6.45) is 6.00. The lowest BCUT2D eigenvalue weighted by Gasteiger charge is -2.23. The monoisotopic (exact) mass is 553 g/mol. The van der Waals surface area contributed by atoms with E-state index in [4.69, 9.17) is 23.2 Å². The highest BCUT2D eigenvalue weighted by Crippen LogP contribution is 2.34. The number of nitrogens with zero attached hydrogens (tertiary/aromatic N) is 2. The van der Waals surface area contributed by atoms with Crippen LogP contribution in [0.25, 0.3) is 16.7 Å². The van der Waals surface area contributed by atoms with Crippen LogP contribution in [0, 0.1) is 6.92 Å². The van der Waals surface area contributed by atoms with Gasteiger partial charge in [-0.2, -0.15) is 0 Å². The van der Waals surface area contributed by atoms with Gasteiger partial charge in [0.05, 0.1) is 16.1 Å². The van der Waals surface area contributed by atoms with Crippen molar-refractivity contribution in [1.82, 2.24) is 9.65 Å². The van der Waals surface area contributed by atoms with Gasteiger partial charge < -0.3 is 14.8 Å². The number of benzene rings is 2. The zero-order valence-electron chi connectivity index (χ0n) is 19.6. The number of anilines is 1. The molecule has 0 amide bonds. The number of carboxylic acid groups (broad SMARTS) is 1. The van der Waals surface area contributed by atoms with Crippen LogP contribution < -0.4 is 9.39 Å². The van der Waals surface area contributed by atoms with E-state index >= 15 is 0 Å². The number of rotatable bonds is 6. The highest BCUT2D eigenvalue weighted by atomic mass is 35.5. The predicted octanol–water partition coefficient (Wildman–Crippen LogP) is 6.46. The van der Waals surface area contributed by atoms with E-state index in [0.717, 1.165) is 26.6 Å². The molecule has 1 atom stereocenters. The average molecular weight is 554 g/mol. The van der Waals surface area contributed by atoms with Gasteiger partial charge in [0.2, 0.25) is 0 Å². The lowest BCUT2D eigenvalue weighted by Crippen LogP contribution is -2.35. The summed E-state index contributed by atoms with van der Waals surface area (Å²) in [6, 6.07) is 8.96. The van der Waals surface area contributed by atoms with Crippen LogP contribution in [0.2, 0.25) is 10.0 Å². The molecule has 3 aromatic rings. The third kappa shape index (κ3) is 5.84. The van der Waals surface area contributed by atoms with Crippen molar-refractivity contribution in [3.05, 3.63) is 75.7 Å².